The standard InChI is InChI=1S/C14H20INO5Si/c1-14(2,3)22(5,6)21-12-10(13(17)20-4)7-9(16(18)19)8-11(12)15/h7-8H,1-6H3. The molecule has 0 aliphatic carbocycles. The lowest BCUT2D eigenvalue weighted by Crippen LogP contribution is -2.44. The summed E-state index contributed by atoms with van der Waals surface area (Å²) in [6.07, 6.45) is 0. The van der Waals surface area contributed by atoms with Gasteiger partial charge in [-0.2, -0.15) is 0 Å². The van der Waals surface area contributed by atoms with E-state index >= 15 is 0 Å². The zero-order valence-electron chi connectivity index (χ0n) is 13.5. The Morgan fingerprint density at radius 1 is 1.32 bits per heavy atom. The van der Waals surface area contributed by atoms with E-state index in [1.54, 1.807) is 0 Å². The van der Waals surface area contributed by atoms with Gasteiger partial charge in [0.1, 0.15) is 11.3 Å². The van der Waals surface area contributed by atoms with Crippen molar-refractivity contribution in [3.05, 3.63) is 31.4 Å². The molecule has 1 rings (SSSR count). The van der Waals surface area contributed by atoms with Gasteiger partial charge in [0.2, 0.25) is 0 Å². The summed E-state index contributed by atoms with van der Waals surface area (Å²) in [5.41, 5.74) is -0.0710. The third-order valence-corrected chi connectivity index (χ3v) is 8.94. The highest BCUT2D eigenvalue weighted by Gasteiger charge is 2.40. The molecule has 0 fully saturated rings. The maximum absolute atomic E-state index is 12.0. The van der Waals surface area contributed by atoms with Gasteiger partial charge in [0, 0.05) is 12.1 Å². The number of carbonyl (C=O) groups excluding carboxylic acids is 1. The average molecular weight is 437 g/mol. The smallest absolute Gasteiger partial charge is 0.341 e. The first-order valence-electron chi connectivity index (χ1n) is 6.66. The summed E-state index contributed by atoms with van der Waals surface area (Å²) >= 11 is 1.95. The number of carbonyl (C=O) groups is 1. The highest BCUT2D eigenvalue weighted by Crippen LogP contribution is 2.40. The molecule has 0 atom stereocenters. The fraction of sp³-hybridized carbons (Fsp3) is 0.500. The van der Waals surface area contributed by atoms with Gasteiger partial charge in [0.05, 0.1) is 15.6 Å². The predicted molar refractivity (Wildman–Crippen MR) is 95.0 cm³/mol. The summed E-state index contributed by atoms with van der Waals surface area (Å²) in [5, 5.41) is 10.9. The molecule has 0 aliphatic rings. The summed E-state index contributed by atoms with van der Waals surface area (Å²) in [7, 11) is -0.954. The molecule has 0 unspecified atom stereocenters. The van der Waals surface area contributed by atoms with E-state index in [-0.39, 0.29) is 16.3 Å². The van der Waals surface area contributed by atoms with Crippen LogP contribution < -0.4 is 4.43 Å². The predicted octanol–water partition coefficient (Wildman–Crippen LogP) is 4.37. The van der Waals surface area contributed by atoms with Crippen LogP contribution in [0.5, 0.6) is 5.75 Å². The minimum atomic E-state index is -2.19. The number of esters is 1. The van der Waals surface area contributed by atoms with Crippen molar-refractivity contribution in [2.24, 2.45) is 0 Å². The number of halogens is 1. The molecule has 8 heteroatoms. The number of nitro benzene ring substituents is 1. The van der Waals surface area contributed by atoms with E-state index in [0.29, 0.717) is 9.32 Å². The van der Waals surface area contributed by atoms with Crippen LogP contribution in [0.25, 0.3) is 0 Å². The van der Waals surface area contributed by atoms with Crippen LogP contribution in [0.4, 0.5) is 5.69 Å². The van der Waals surface area contributed by atoms with Crippen LogP contribution in [-0.2, 0) is 4.74 Å². The lowest BCUT2D eigenvalue weighted by atomic mass is 10.2. The second-order valence-electron chi connectivity index (χ2n) is 6.42. The molecular formula is C14H20INO5Si. The molecule has 22 heavy (non-hydrogen) atoms. The molecular weight excluding hydrogens is 417 g/mol. The minimum absolute atomic E-state index is 0.0642. The highest BCUT2D eigenvalue weighted by molar-refractivity contribution is 14.1. The fourth-order valence-corrected chi connectivity index (χ4v) is 3.42. The number of nitro groups is 1. The van der Waals surface area contributed by atoms with Crippen molar-refractivity contribution in [2.45, 2.75) is 38.9 Å². The van der Waals surface area contributed by atoms with Crippen LogP contribution >= 0.6 is 22.6 Å². The van der Waals surface area contributed by atoms with Gasteiger partial charge in [-0.3, -0.25) is 10.1 Å². The number of ether oxygens (including phenoxy) is 1. The Bertz CT molecular complexity index is 610. The van der Waals surface area contributed by atoms with E-state index in [2.05, 4.69) is 20.8 Å². The molecule has 6 nitrogen and oxygen atoms in total. The van der Waals surface area contributed by atoms with Crippen LogP contribution in [-0.4, -0.2) is 26.3 Å². The van der Waals surface area contributed by atoms with Crippen LogP contribution in [0.3, 0.4) is 0 Å². The first-order chi connectivity index (χ1) is 9.90. The van der Waals surface area contributed by atoms with E-state index in [4.69, 9.17) is 9.16 Å². The van der Waals surface area contributed by atoms with Crippen LogP contribution in [0.2, 0.25) is 18.1 Å². The maximum atomic E-state index is 12.0. The van der Waals surface area contributed by atoms with Crippen molar-refractivity contribution in [1.29, 1.82) is 0 Å². The van der Waals surface area contributed by atoms with Gasteiger partial charge in [-0.05, 0) is 40.7 Å². The normalized spacial score (nSPS) is 12.0. The van der Waals surface area contributed by atoms with Crippen LogP contribution in [0.15, 0.2) is 12.1 Å². The average Bonchev–Trinajstić information content (AvgIpc) is 2.38. The lowest BCUT2D eigenvalue weighted by Gasteiger charge is -2.37. The summed E-state index contributed by atoms with van der Waals surface area (Å²) in [5.74, 6) is -0.278. The number of methoxy groups -OCH3 is 1. The van der Waals surface area contributed by atoms with E-state index < -0.39 is 19.2 Å². The molecule has 122 valence electrons. The topological polar surface area (TPSA) is 78.7 Å². The molecule has 0 radical (unpaired) electrons. The Labute approximate surface area is 144 Å². The second kappa shape index (κ2) is 6.53. The molecule has 0 bridgehead atoms. The molecule has 0 heterocycles. The monoisotopic (exact) mass is 437 g/mol. The van der Waals surface area contributed by atoms with Crippen LogP contribution in [0, 0.1) is 13.7 Å². The Morgan fingerprint density at radius 3 is 2.27 bits per heavy atom. The van der Waals surface area contributed by atoms with Gasteiger partial charge in [-0.1, -0.05) is 20.8 Å². The second-order valence-corrected chi connectivity index (χ2v) is 12.3. The third-order valence-electron chi connectivity index (χ3n) is 3.81. The molecule has 1 aromatic carbocycles. The van der Waals surface area contributed by atoms with Crippen molar-refractivity contribution in [1.82, 2.24) is 0 Å². The largest absolute Gasteiger partial charge is 0.542 e. The number of non-ortho nitro benzene ring substituents is 1. The van der Waals surface area contributed by atoms with Crippen LogP contribution in [0.1, 0.15) is 31.1 Å². The maximum Gasteiger partial charge on any atom is 0.341 e. The summed E-state index contributed by atoms with van der Waals surface area (Å²) < 4.78 is 11.5. The van der Waals surface area contributed by atoms with Gasteiger partial charge in [0.15, 0.2) is 0 Å². The van der Waals surface area contributed by atoms with E-state index in [9.17, 15) is 14.9 Å². The molecule has 1 aromatic rings. The molecule has 0 aromatic heterocycles. The molecule has 0 amide bonds. The molecule has 0 aliphatic heterocycles. The Morgan fingerprint density at radius 2 is 1.86 bits per heavy atom. The highest BCUT2D eigenvalue weighted by atomic mass is 127. The quantitative estimate of drug-likeness (QED) is 0.230. The fourth-order valence-electron chi connectivity index (χ4n) is 1.46. The minimum Gasteiger partial charge on any atom is -0.542 e. The van der Waals surface area contributed by atoms with Crippen molar-refractivity contribution < 1.29 is 18.9 Å². The third kappa shape index (κ3) is 3.97. The first kappa shape index (κ1) is 18.9. The van der Waals surface area contributed by atoms with Crippen molar-refractivity contribution in [3.8, 4) is 5.75 Å². The zero-order valence-corrected chi connectivity index (χ0v) is 16.7. The van der Waals surface area contributed by atoms with Gasteiger partial charge in [-0.25, -0.2) is 4.79 Å². The number of rotatable bonds is 4. The molecule has 0 saturated heterocycles. The molecule has 0 N–H and O–H groups in total. The van der Waals surface area contributed by atoms with E-state index in [1.165, 1.54) is 19.2 Å². The summed E-state index contributed by atoms with van der Waals surface area (Å²) in [6.45, 7) is 10.3. The number of hydrogen-bond donors (Lipinski definition) is 0. The van der Waals surface area contributed by atoms with Crippen molar-refractivity contribution >= 4 is 42.6 Å². The zero-order chi connectivity index (χ0) is 17.3. The van der Waals surface area contributed by atoms with Crippen molar-refractivity contribution in [2.75, 3.05) is 7.11 Å². The lowest BCUT2D eigenvalue weighted by molar-refractivity contribution is -0.385. The van der Waals surface area contributed by atoms with Gasteiger partial charge >= 0.3 is 5.97 Å². The number of benzene rings is 1. The van der Waals surface area contributed by atoms with Gasteiger partial charge < -0.3 is 9.16 Å². The summed E-state index contributed by atoms with van der Waals surface area (Å²) in [6, 6.07) is 2.60. The van der Waals surface area contributed by atoms with Gasteiger partial charge in [0.25, 0.3) is 14.0 Å². The van der Waals surface area contributed by atoms with E-state index in [0.717, 1.165) is 0 Å². The van der Waals surface area contributed by atoms with E-state index in [1.807, 2.05) is 35.7 Å². The Kier molecular flexibility index (Phi) is 5.60. The first-order valence-corrected chi connectivity index (χ1v) is 10.6. The molecule has 0 saturated carbocycles. The molecule has 0 spiro atoms. The Hall–Kier alpha value is -1.16. The number of nitrogens with zero attached hydrogens (tertiary/aromatic N) is 1. The summed E-state index contributed by atoms with van der Waals surface area (Å²) in [4.78, 5) is 22.4. The van der Waals surface area contributed by atoms with Gasteiger partial charge in [-0.15, -0.1) is 0 Å². The van der Waals surface area contributed by atoms with Crippen molar-refractivity contribution in [3.63, 3.8) is 0 Å². The Balaban J connectivity index is 3.47. The number of hydrogen-bond acceptors (Lipinski definition) is 5. The SMILES string of the molecule is COC(=O)c1cc([N+](=O)[O-])cc(I)c1O[Si](C)(C)C(C)(C)C.